The number of benzene rings is 2. The first-order valence-electron chi connectivity index (χ1n) is 12.2. The smallest absolute Gasteiger partial charge is 0.337 e. The molecule has 0 unspecified atom stereocenters. The number of ether oxygens (including phenoxy) is 3. The minimum absolute atomic E-state index is 0.00952. The highest BCUT2D eigenvalue weighted by molar-refractivity contribution is 6.30. The first-order chi connectivity index (χ1) is 17.3. The number of ketones is 1. The summed E-state index contributed by atoms with van der Waals surface area (Å²) in [6.45, 7) is 5.68. The molecule has 0 amide bonds. The summed E-state index contributed by atoms with van der Waals surface area (Å²) in [5.41, 5.74) is 4.23. The third kappa shape index (κ3) is 4.87. The molecule has 4 rings (SSSR count). The molecule has 1 heterocycles. The average molecular weight is 510 g/mol. The fourth-order valence-electron chi connectivity index (χ4n) is 5.06. The van der Waals surface area contributed by atoms with E-state index in [1.165, 1.54) is 0 Å². The lowest BCUT2D eigenvalue weighted by molar-refractivity contribution is -0.144. The van der Waals surface area contributed by atoms with Gasteiger partial charge in [0.1, 0.15) is 0 Å². The van der Waals surface area contributed by atoms with E-state index in [0.29, 0.717) is 58.2 Å². The quantitative estimate of drug-likeness (QED) is 0.457. The summed E-state index contributed by atoms with van der Waals surface area (Å²) < 4.78 is 17.0. The van der Waals surface area contributed by atoms with Gasteiger partial charge in [0.2, 0.25) is 0 Å². The molecule has 6 nitrogen and oxygen atoms in total. The summed E-state index contributed by atoms with van der Waals surface area (Å²) in [5, 5.41) is 4.04. The van der Waals surface area contributed by atoms with E-state index in [9.17, 15) is 9.59 Å². The van der Waals surface area contributed by atoms with Crippen molar-refractivity contribution in [1.82, 2.24) is 5.32 Å². The second-order valence-corrected chi connectivity index (χ2v) is 9.71. The summed E-state index contributed by atoms with van der Waals surface area (Å²) in [6.07, 6.45) is 1.40. The third-order valence-electron chi connectivity index (χ3n) is 7.02. The molecule has 1 N–H and O–H groups in total. The van der Waals surface area contributed by atoms with Gasteiger partial charge in [-0.3, -0.25) is 4.79 Å². The maximum absolute atomic E-state index is 13.8. The normalized spacial score (nSPS) is 20.4. The second kappa shape index (κ2) is 10.8. The fourth-order valence-corrected chi connectivity index (χ4v) is 5.19. The van der Waals surface area contributed by atoms with Crippen molar-refractivity contribution in [3.8, 4) is 11.5 Å². The summed E-state index contributed by atoms with van der Waals surface area (Å²) in [4.78, 5) is 27.3. The molecule has 36 heavy (non-hydrogen) atoms. The molecule has 0 aromatic heterocycles. The van der Waals surface area contributed by atoms with Crippen LogP contribution >= 0.6 is 11.6 Å². The Morgan fingerprint density at radius 1 is 1.11 bits per heavy atom. The Kier molecular flexibility index (Phi) is 7.74. The van der Waals surface area contributed by atoms with E-state index in [0.717, 1.165) is 11.3 Å². The van der Waals surface area contributed by atoms with Crippen molar-refractivity contribution in [2.24, 2.45) is 0 Å². The topological polar surface area (TPSA) is 73.9 Å². The van der Waals surface area contributed by atoms with E-state index in [1.807, 2.05) is 57.2 Å². The van der Waals surface area contributed by atoms with E-state index in [4.69, 9.17) is 25.8 Å². The molecule has 0 saturated carbocycles. The van der Waals surface area contributed by atoms with Crippen molar-refractivity contribution in [2.45, 2.75) is 58.0 Å². The van der Waals surface area contributed by atoms with Gasteiger partial charge in [-0.2, -0.15) is 0 Å². The molecule has 3 atom stereocenters. The molecule has 1 aliphatic heterocycles. The van der Waals surface area contributed by atoms with Crippen LogP contribution in [0.1, 0.15) is 63.0 Å². The van der Waals surface area contributed by atoms with Crippen LogP contribution in [0.5, 0.6) is 11.5 Å². The van der Waals surface area contributed by atoms with Gasteiger partial charge in [-0.25, -0.2) is 4.79 Å². The predicted molar refractivity (Wildman–Crippen MR) is 139 cm³/mol. The van der Waals surface area contributed by atoms with Crippen molar-refractivity contribution in [1.29, 1.82) is 0 Å². The van der Waals surface area contributed by atoms with E-state index >= 15 is 0 Å². The van der Waals surface area contributed by atoms with Crippen LogP contribution in [-0.2, 0) is 14.3 Å². The van der Waals surface area contributed by atoms with Crippen LogP contribution < -0.4 is 14.8 Å². The zero-order valence-electron chi connectivity index (χ0n) is 21.3. The van der Waals surface area contributed by atoms with Crippen LogP contribution in [-0.4, -0.2) is 32.1 Å². The molecule has 2 aliphatic rings. The van der Waals surface area contributed by atoms with E-state index in [2.05, 4.69) is 5.32 Å². The van der Waals surface area contributed by atoms with Crippen molar-refractivity contribution in [3.05, 3.63) is 81.2 Å². The minimum Gasteiger partial charge on any atom is -0.493 e. The monoisotopic (exact) mass is 509 g/mol. The van der Waals surface area contributed by atoms with Gasteiger partial charge in [-0.1, -0.05) is 42.8 Å². The van der Waals surface area contributed by atoms with Gasteiger partial charge in [-0.05, 0) is 56.4 Å². The zero-order chi connectivity index (χ0) is 26.0. The van der Waals surface area contributed by atoms with Gasteiger partial charge in [0.25, 0.3) is 0 Å². The van der Waals surface area contributed by atoms with Crippen molar-refractivity contribution < 1.29 is 23.8 Å². The van der Waals surface area contributed by atoms with Crippen molar-refractivity contribution in [2.75, 3.05) is 14.2 Å². The van der Waals surface area contributed by atoms with Crippen LogP contribution in [0.2, 0.25) is 5.02 Å². The highest BCUT2D eigenvalue weighted by Gasteiger charge is 2.43. The van der Waals surface area contributed by atoms with Gasteiger partial charge in [-0.15, -0.1) is 0 Å². The van der Waals surface area contributed by atoms with Crippen molar-refractivity contribution >= 4 is 23.4 Å². The first kappa shape index (κ1) is 25.8. The molecule has 7 heteroatoms. The average Bonchev–Trinajstić information content (AvgIpc) is 2.87. The standard InChI is InChI=1S/C29H32ClNO5/c1-6-16(2)36-29(33)25-17(3)31-22-14-19(18-10-12-20(30)13-11-18)15-23(32)27(22)26(25)21-8-7-9-24(34-4)28(21)35-5/h7-13,16,19,26,31H,6,14-15H2,1-5H3/t16-,19-,26-/m0/s1. The van der Waals surface area contributed by atoms with Crippen molar-refractivity contribution in [3.63, 3.8) is 0 Å². The van der Waals surface area contributed by atoms with E-state index < -0.39 is 11.9 Å². The van der Waals surface area contributed by atoms with Crippen LogP contribution in [0.25, 0.3) is 0 Å². The Labute approximate surface area is 217 Å². The number of carbonyl (C=O) groups excluding carboxylic acids is 2. The molecule has 190 valence electrons. The number of halogens is 1. The Balaban J connectivity index is 1.85. The second-order valence-electron chi connectivity index (χ2n) is 9.28. The predicted octanol–water partition coefficient (Wildman–Crippen LogP) is 6.06. The summed E-state index contributed by atoms with van der Waals surface area (Å²) >= 11 is 6.08. The highest BCUT2D eigenvalue weighted by Crippen LogP contribution is 2.49. The van der Waals surface area contributed by atoms with Gasteiger partial charge < -0.3 is 19.5 Å². The molecule has 1 aliphatic carbocycles. The van der Waals surface area contributed by atoms with E-state index in [1.54, 1.807) is 20.3 Å². The van der Waals surface area contributed by atoms with Gasteiger partial charge in [0, 0.05) is 34.0 Å². The molecule has 2 aromatic carbocycles. The molecule has 0 bridgehead atoms. The van der Waals surface area contributed by atoms with Gasteiger partial charge >= 0.3 is 5.97 Å². The number of para-hydroxylation sites is 1. The maximum atomic E-state index is 13.8. The fraction of sp³-hybridized carbons (Fsp3) is 0.379. The molecular weight excluding hydrogens is 478 g/mol. The lowest BCUT2D eigenvalue weighted by atomic mass is 9.71. The SMILES string of the molecule is CC[C@H](C)OC(=O)C1=C(C)NC2=C(C(=O)C[C@@H](c3ccc(Cl)cc3)C2)[C@H]1c1cccc(OC)c1OC. The van der Waals surface area contributed by atoms with E-state index in [-0.39, 0.29) is 17.8 Å². The number of nitrogens with one attached hydrogen (secondary N) is 1. The van der Waals surface area contributed by atoms with Crippen LogP contribution in [0.4, 0.5) is 0 Å². The minimum atomic E-state index is -0.637. The number of carbonyl (C=O) groups is 2. The largest absolute Gasteiger partial charge is 0.493 e. The lowest BCUT2D eigenvalue weighted by Gasteiger charge is -2.37. The molecule has 0 spiro atoms. The Morgan fingerprint density at radius 2 is 1.83 bits per heavy atom. The number of Topliss-reactive ketones (excluding diaryl/α,β-unsaturated/α-hetero) is 1. The third-order valence-corrected chi connectivity index (χ3v) is 7.27. The Hall–Kier alpha value is -3.25. The molecule has 0 fully saturated rings. The maximum Gasteiger partial charge on any atom is 0.337 e. The number of allylic oxidation sites excluding steroid dienone is 3. The number of esters is 1. The molecular formula is C29H32ClNO5. The number of rotatable bonds is 7. The summed E-state index contributed by atoms with van der Waals surface area (Å²) in [7, 11) is 3.13. The van der Waals surface area contributed by atoms with Gasteiger partial charge in [0.15, 0.2) is 17.3 Å². The summed E-state index contributed by atoms with van der Waals surface area (Å²) in [6, 6.07) is 13.1. The highest BCUT2D eigenvalue weighted by atomic mass is 35.5. The number of hydrogen-bond donors (Lipinski definition) is 1. The first-order valence-corrected chi connectivity index (χ1v) is 12.6. The molecule has 0 saturated heterocycles. The molecule has 0 radical (unpaired) electrons. The van der Waals surface area contributed by atoms with Crippen LogP contribution in [0.15, 0.2) is 65.0 Å². The Bertz CT molecular complexity index is 1230. The van der Waals surface area contributed by atoms with Crippen LogP contribution in [0, 0.1) is 0 Å². The van der Waals surface area contributed by atoms with Gasteiger partial charge in [0.05, 0.1) is 31.8 Å². The lowest BCUT2D eigenvalue weighted by Crippen LogP contribution is -2.36. The summed E-state index contributed by atoms with van der Waals surface area (Å²) in [5.74, 6) is -0.0570. The van der Waals surface area contributed by atoms with Crippen LogP contribution in [0.3, 0.4) is 0 Å². The number of hydrogen-bond acceptors (Lipinski definition) is 6. The Morgan fingerprint density at radius 3 is 2.47 bits per heavy atom. The zero-order valence-corrected chi connectivity index (χ0v) is 22.1. The number of dihydropyridines is 1. The number of methoxy groups -OCH3 is 2. The molecule has 2 aromatic rings.